The van der Waals surface area contributed by atoms with E-state index in [0.29, 0.717) is 18.1 Å². The van der Waals surface area contributed by atoms with Crippen LogP contribution in [0.1, 0.15) is 24.2 Å². The number of nitrogens with zero attached hydrogens (tertiary/aromatic N) is 4. The maximum atomic E-state index is 10.9. The van der Waals surface area contributed by atoms with Crippen molar-refractivity contribution in [3.05, 3.63) is 45.6 Å². The second-order valence-electron chi connectivity index (χ2n) is 3.80. The van der Waals surface area contributed by atoms with Crippen molar-refractivity contribution in [2.45, 2.75) is 20.0 Å². The zero-order valence-corrected chi connectivity index (χ0v) is 10.6. The Morgan fingerprint density at radius 3 is 2.95 bits per heavy atom. The summed E-state index contributed by atoms with van der Waals surface area (Å²) in [7, 11) is 0. The number of aromatic nitrogens is 2. The summed E-state index contributed by atoms with van der Waals surface area (Å²) in [5.41, 5.74) is -0.0832. The first-order valence-corrected chi connectivity index (χ1v) is 5.76. The molecule has 1 heterocycles. The molecule has 102 valence electrons. The van der Waals surface area contributed by atoms with Gasteiger partial charge in [0, 0.05) is 12.5 Å². The highest BCUT2D eigenvalue weighted by molar-refractivity contribution is 5.51. The smallest absolute Gasteiger partial charge is 0.312 e. The zero-order valence-electron chi connectivity index (χ0n) is 10.6. The molecule has 0 aliphatic heterocycles. The van der Waals surface area contributed by atoms with E-state index in [0.717, 1.165) is 6.07 Å². The van der Waals surface area contributed by atoms with E-state index in [-0.39, 0.29) is 23.6 Å². The van der Waals surface area contributed by atoms with Gasteiger partial charge in [-0.1, -0.05) is 12.1 Å². The number of rotatable bonds is 5. The Morgan fingerprint density at radius 2 is 2.35 bits per heavy atom. The Kier molecular flexibility index (Phi) is 3.91. The summed E-state index contributed by atoms with van der Waals surface area (Å²) >= 11 is 0. The van der Waals surface area contributed by atoms with Crippen LogP contribution < -0.4 is 4.74 Å². The first-order chi connectivity index (χ1) is 9.63. The van der Waals surface area contributed by atoms with Crippen LogP contribution in [0.15, 0.2) is 22.7 Å². The summed E-state index contributed by atoms with van der Waals surface area (Å²) in [5.74, 6) is 0.829. The van der Waals surface area contributed by atoms with Gasteiger partial charge in [-0.2, -0.15) is 10.2 Å². The van der Waals surface area contributed by atoms with Crippen LogP contribution in [0.3, 0.4) is 0 Å². The summed E-state index contributed by atoms with van der Waals surface area (Å²) in [5, 5.41) is 23.3. The van der Waals surface area contributed by atoms with Crippen LogP contribution in [-0.2, 0) is 13.0 Å². The molecule has 0 aliphatic carbocycles. The molecule has 2 aromatic rings. The molecule has 0 radical (unpaired) electrons. The van der Waals surface area contributed by atoms with E-state index in [9.17, 15) is 10.1 Å². The molecule has 1 aromatic heterocycles. The average Bonchev–Trinajstić information content (AvgIpc) is 2.92. The maximum absolute atomic E-state index is 10.9. The third kappa shape index (κ3) is 2.89. The maximum Gasteiger partial charge on any atom is 0.312 e. The number of hydrogen-bond acceptors (Lipinski definition) is 7. The number of nitriles is 1. The highest BCUT2D eigenvalue weighted by Crippen LogP contribution is 2.28. The Morgan fingerprint density at radius 1 is 1.55 bits per heavy atom. The van der Waals surface area contributed by atoms with Crippen LogP contribution in [0.2, 0.25) is 0 Å². The highest BCUT2D eigenvalue weighted by atomic mass is 16.6. The predicted molar refractivity (Wildman–Crippen MR) is 65.8 cm³/mol. The van der Waals surface area contributed by atoms with Crippen molar-refractivity contribution in [3.8, 4) is 11.8 Å². The van der Waals surface area contributed by atoms with Crippen LogP contribution in [0.4, 0.5) is 5.69 Å². The molecule has 0 bridgehead atoms. The van der Waals surface area contributed by atoms with Gasteiger partial charge in [0.15, 0.2) is 12.4 Å². The lowest BCUT2D eigenvalue weighted by Crippen LogP contribution is -2.01. The monoisotopic (exact) mass is 274 g/mol. The standard InChI is InChI=1S/C12H10N4O4/c1-2-12-14-11(15-20-12)7-19-10-4-3-8(6-13)5-9(10)16(17)18/h3-5H,2,7H2,1H3. The van der Waals surface area contributed by atoms with Crippen molar-refractivity contribution >= 4 is 5.69 Å². The fourth-order valence-electron chi connectivity index (χ4n) is 1.49. The molecule has 1 aromatic carbocycles. The first-order valence-electron chi connectivity index (χ1n) is 5.76. The van der Waals surface area contributed by atoms with Gasteiger partial charge in [0.25, 0.3) is 0 Å². The molecule has 0 atom stereocenters. The molecule has 0 N–H and O–H groups in total. The van der Waals surface area contributed by atoms with Crippen molar-refractivity contribution in [2.24, 2.45) is 0 Å². The number of hydrogen-bond donors (Lipinski definition) is 0. The van der Waals surface area contributed by atoms with Crippen LogP contribution >= 0.6 is 0 Å². The van der Waals surface area contributed by atoms with Gasteiger partial charge >= 0.3 is 5.69 Å². The van der Waals surface area contributed by atoms with Crippen LogP contribution in [0.25, 0.3) is 0 Å². The van der Waals surface area contributed by atoms with Crippen molar-refractivity contribution < 1.29 is 14.2 Å². The van der Waals surface area contributed by atoms with E-state index in [1.165, 1.54) is 12.1 Å². The highest BCUT2D eigenvalue weighted by Gasteiger charge is 2.17. The normalized spacial score (nSPS) is 10.0. The Bertz CT molecular complexity index is 674. The van der Waals surface area contributed by atoms with E-state index in [2.05, 4.69) is 10.1 Å². The minimum absolute atomic E-state index is 0.0454. The van der Waals surface area contributed by atoms with Gasteiger partial charge in [-0.15, -0.1) is 0 Å². The van der Waals surface area contributed by atoms with Crippen LogP contribution in [0.5, 0.6) is 5.75 Å². The zero-order chi connectivity index (χ0) is 14.5. The topological polar surface area (TPSA) is 115 Å². The number of nitro groups is 1. The SMILES string of the molecule is CCc1nc(COc2ccc(C#N)cc2[N+](=O)[O-])no1. The quantitative estimate of drug-likeness (QED) is 0.604. The lowest BCUT2D eigenvalue weighted by molar-refractivity contribution is -0.386. The van der Waals surface area contributed by atoms with Crippen LogP contribution in [0, 0.1) is 21.4 Å². The van der Waals surface area contributed by atoms with E-state index in [1.54, 1.807) is 0 Å². The van der Waals surface area contributed by atoms with Gasteiger partial charge in [0.1, 0.15) is 0 Å². The number of nitro benzene ring substituents is 1. The molecule has 0 unspecified atom stereocenters. The van der Waals surface area contributed by atoms with Crippen LogP contribution in [-0.4, -0.2) is 15.1 Å². The molecule has 20 heavy (non-hydrogen) atoms. The molecule has 8 heteroatoms. The summed E-state index contributed by atoms with van der Waals surface area (Å²) in [4.78, 5) is 14.3. The van der Waals surface area contributed by atoms with Gasteiger partial charge in [0.05, 0.1) is 16.6 Å². The Labute approximate surface area is 113 Å². The molecule has 0 saturated carbocycles. The molecule has 0 aliphatic rings. The van der Waals surface area contributed by atoms with Crippen molar-refractivity contribution in [3.63, 3.8) is 0 Å². The Hall–Kier alpha value is -2.95. The predicted octanol–water partition coefficient (Wildman–Crippen LogP) is 1.99. The number of aryl methyl sites for hydroxylation is 1. The average molecular weight is 274 g/mol. The van der Waals surface area contributed by atoms with Gasteiger partial charge in [0.2, 0.25) is 11.7 Å². The lowest BCUT2D eigenvalue weighted by atomic mass is 10.2. The van der Waals surface area contributed by atoms with Gasteiger partial charge in [-0.05, 0) is 12.1 Å². The molecule has 0 spiro atoms. The van der Waals surface area contributed by atoms with E-state index in [1.807, 2.05) is 13.0 Å². The van der Waals surface area contributed by atoms with E-state index < -0.39 is 4.92 Å². The summed E-state index contributed by atoms with van der Waals surface area (Å²) < 4.78 is 10.2. The Balaban J connectivity index is 2.16. The van der Waals surface area contributed by atoms with E-state index in [4.69, 9.17) is 14.5 Å². The van der Waals surface area contributed by atoms with Crippen molar-refractivity contribution in [1.29, 1.82) is 5.26 Å². The van der Waals surface area contributed by atoms with Gasteiger partial charge in [-0.3, -0.25) is 10.1 Å². The molecular formula is C12H10N4O4. The minimum atomic E-state index is -0.607. The molecule has 8 nitrogen and oxygen atoms in total. The minimum Gasteiger partial charge on any atom is -0.478 e. The third-order valence-electron chi connectivity index (χ3n) is 2.45. The second-order valence-corrected chi connectivity index (χ2v) is 3.80. The van der Waals surface area contributed by atoms with E-state index >= 15 is 0 Å². The summed E-state index contributed by atoms with van der Waals surface area (Å²) in [6.45, 7) is 1.82. The fraction of sp³-hybridized carbons (Fsp3) is 0.250. The first kappa shape index (κ1) is 13.5. The van der Waals surface area contributed by atoms with Gasteiger partial charge in [-0.25, -0.2) is 0 Å². The third-order valence-corrected chi connectivity index (χ3v) is 2.45. The molecule has 2 rings (SSSR count). The van der Waals surface area contributed by atoms with Gasteiger partial charge < -0.3 is 9.26 Å². The summed E-state index contributed by atoms with van der Waals surface area (Å²) in [6, 6.07) is 5.80. The number of benzene rings is 1. The molecular weight excluding hydrogens is 264 g/mol. The molecule has 0 fully saturated rings. The number of ether oxygens (including phenoxy) is 1. The fourth-order valence-corrected chi connectivity index (χ4v) is 1.49. The van der Waals surface area contributed by atoms with Crippen molar-refractivity contribution in [1.82, 2.24) is 10.1 Å². The largest absolute Gasteiger partial charge is 0.478 e. The van der Waals surface area contributed by atoms with Crippen molar-refractivity contribution in [2.75, 3.05) is 0 Å². The summed E-state index contributed by atoms with van der Waals surface area (Å²) in [6.07, 6.45) is 0.601. The second kappa shape index (κ2) is 5.79. The lowest BCUT2D eigenvalue weighted by Gasteiger charge is -2.04. The molecule has 0 amide bonds. The molecule has 0 saturated heterocycles.